The third-order valence-electron chi connectivity index (χ3n) is 3.32. The third kappa shape index (κ3) is 2.17. The number of fused-ring (bicyclic) bond motifs is 1. The fraction of sp³-hybridized carbons (Fsp3) is 0.133. The Labute approximate surface area is 116 Å². The Balaban J connectivity index is 2.12. The molecule has 0 fully saturated rings. The summed E-state index contributed by atoms with van der Waals surface area (Å²) in [6.45, 7) is 0.790. The molecular formula is C15H13ClN2O. The second-order valence-corrected chi connectivity index (χ2v) is 4.88. The third-order valence-corrected chi connectivity index (χ3v) is 3.56. The van der Waals surface area contributed by atoms with Crippen LogP contribution in [-0.4, -0.2) is 17.5 Å². The zero-order valence-electron chi connectivity index (χ0n) is 10.3. The SMILES string of the molecule is O/N=C1\CCN(c2ccccc2)c2ccc(Cl)cc21. The first kappa shape index (κ1) is 12.1. The number of oxime groups is 1. The molecule has 19 heavy (non-hydrogen) atoms. The molecule has 0 unspecified atom stereocenters. The van der Waals surface area contributed by atoms with Crippen LogP contribution in [0.5, 0.6) is 0 Å². The van der Waals surface area contributed by atoms with Crippen LogP contribution in [0.1, 0.15) is 12.0 Å². The summed E-state index contributed by atoms with van der Waals surface area (Å²) in [5.74, 6) is 0. The number of benzene rings is 2. The Kier molecular flexibility index (Phi) is 3.13. The average Bonchev–Trinajstić information content (AvgIpc) is 2.47. The van der Waals surface area contributed by atoms with Crippen LogP contribution in [0, 0.1) is 0 Å². The smallest absolute Gasteiger partial charge is 0.0907 e. The molecule has 1 N–H and O–H groups in total. The molecule has 3 nitrogen and oxygen atoms in total. The van der Waals surface area contributed by atoms with Crippen molar-refractivity contribution < 1.29 is 5.21 Å². The van der Waals surface area contributed by atoms with E-state index in [2.05, 4.69) is 22.2 Å². The molecular weight excluding hydrogens is 260 g/mol. The normalized spacial score (nSPS) is 16.5. The first-order chi connectivity index (χ1) is 9.29. The minimum absolute atomic E-state index is 0.648. The maximum absolute atomic E-state index is 9.11. The van der Waals surface area contributed by atoms with Crippen molar-refractivity contribution in [2.45, 2.75) is 6.42 Å². The molecule has 1 aliphatic heterocycles. The van der Waals surface area contributed by atoms with Gasteiger partial charge in [-0.05, 0) is 30.3 Å². The summed E-state index contributed by atoms with van der Waals surface area (Å²) in [7, 11) is 0. The summed E-state index contributed by atoms with van der Waals surface area (Å²) in [5.41, 5.74) is 3.73. The van der Waals surface area contributed by atoms with E-state index in [0.717, 1.165) is 23.5 Å². The van der Waals surface area contributed by atoms with Crippen molar-refractivity contribution in [3.05, 3.63) is 59.1 Å². The van der Waals surface area contributed by atoms with Crippen LogP contribution in [0.2, 0.25) is 5.02 Å². The van der Waals surface area contributed by atoms with Gasteiger partial charge in [-0.25, -0.2) is 0 Å². The fourth-order valence-electron chi connectivity index (χ4n) is 2.43. The van der Waals surface area contributed by atoms with Crippen LogP contribution in [0.25, 0.3) is 0 Å². The van der Waals surface area contributed by atoms with Crippen molar-refractivity contribution in [1.82, 2.24) is 0 Å². The van der Waals surface area contributed by atoms with E-state index < -0.39 is 0 Å². The molecule has 0 radical (unpaired) electrons. The van der Waals surface area contributed by atoms with Gasteiger partial charge in [0.2, 0.25) is 0 Å². The molecule has 0 aliphatic carbocycles. The number of hydrogen-bond acceptors (Lipinski definition) is 3. The van der Waals surface area contributed by atoms with Crippen LogP contribution >= 0.6 is 11.6 Å². The highest BCUT2D eigenvalue weighted by Crippen LogP contribution is 2.34. The second-order valence-electron chi connectivity index (χ2n) is 4.45. The van der Waals surface area contributed by atoms with Crippen LogP contribution in [0.4, 0.5) is 11.4 Å². The van der Waals surface area contributed by atoms with E-state index in [1.54, 1.807) is 0 Å². The van der Waals surface area contributed by atoms with Crippen LogP contribution in [0.15, 0.2) is 53.7 Å². The minimum Gasteiger partial charge on any atom is -0.411 e. The van der Waals surface area contributed by atoms with Crippen LogP contribution < -0.4 is 4.90 Å². The van der Waals surface area contributed by atoms with Crippen molar-refractivity contribution in [1.29, 1.82) is 0 Å². The van der Waals surface area contributed by atoms with E-state index in [4.69, 9.17) is 16.8 Å². The summed E-state index contributed by atoms with van der Waals surface area (Å²) in [5, 5.41) is 13.1. The lowest BCUT2D eigenvalue weighted by atomic mass is 9.99. The first-order valence-corrected chi connectivity index (χ1v) is 6.51. The molecule has 4 heteroatoms. The molecule has 0 spiro atoms. The lowest BCUT2D eigenvalue weighted by molar-refractivity contribution is 0.318. The standard InChI is InChI=1S/C15H13ClN2O/c16-11-6-7-15-13(10-11)14(17-19)8-9-18(15)12-4-2-1-3-5-12/h1-7,10,19H,8-9H2/b17-14+. The average molecular weight is 273 g/mol. The number of para-hydroxylation sites is 1. The molecule has 0 aromatic heterocycles. The van der Waals surface area contributed by atoms with Gasteiger partial charge in [-0.2, -0.15) is 0 Å². The van der Waals surface area contributed by atoms with E-state index in [0.29, 0.717) is 17.2 Å². The number of rotatable bonds is 1. The predicted molar refractivity (Wildman–Crippen MR) is 77.8 cm³/mol. The summed E-state index contributed by atoms with van der Waals surface area (Å²) >= 11 is 6.04. The quantitative estimate of drug-likeness (QED) is 0.628. The van der Waals surface area contributed by atoms with Crippen LogP contribution in [-0.2, 0) is 0 Å². The Morgan fingerprint density at radius 1 is 1.11 bits per heavy atom. The summed E-state index contributed by atoms with van der Waals surface area (Å²) in [6.07, 6.45) is 0.693. The van der Waals surface area contributed by atoms with Gasteiger partial charge in [-0.1, -0.05) is 35.0 Å². The van der Waals surface area contributed by atoms with Gasteiger partial charge in [0.05, 0.1) is 11.4 Å². The first-order valence-electron chi connectivity index (χ1n) is 6.13. The van der Waals surface area contributed by atoms with E-state index in [9.17, 15) is 0 Å². The zero-order chi connectivity index (χ0) is 13.2. The number of halogens is 1. The Morgan fingerprint density at radius 3 is 2.63 bits per heavy atom. The zero-order valence-corrected chi connectivity index (χ0v) is 11.0. The summed E-state index contributed by atoms with van der Waals surface area (Å²) in [6, 6.07) is 15.8. The van der Waals surface area contributed by atoms with Crippen molar-refractivity contribution in [2.24, 2.45) is 5.16 Å². The van der Waals surface area contributed by atoms with E-state index in [1.807, 2.05) is 36.4 Å². The maximum atomic E-state index is 9.11. The second kappa shape index (κ2) is 4.94. The van der Waals surface area contributed by atoms with Crippen molar-refractivity contribution in [3.63, 3.8) is 0 Å². The Hall–Kier alpha value is -2.00. The highest BCUT2D eigenvalue weighted by molar-refractivity contribution is 6.31. The molecule has 0 bridgehead atoms. The molecule has 0 saturated carbocycles. The molecule has 0 atom stereocenters. The van der Waals surface area contributed by atoms with E-state index >= 15 is 0 Å². The summed E-state index contributed by atoms with van der Waals surface area (Å²) in [4.78, 5) is 2.21. The van der Waals surface area contributed by atoms with E-state index in [1.165, 1.54) is 0 Å². The monoisotopic (exact) mass is 272 g/mol. The van der Waals surface area contributed by atoms with Gasteiger partial charge in [0, 0.05) is 29.2 Å². The van der Waals surface area contributed by atoms with Gasteiger partial charge in [0.1, 0.15) is 0 Å². The largest absolute Gasteiger partial charge is 0.411 e. The molecule has 2 aromatic carbocycles. The maximum Gasteiger partial charge on any atom is 0.0907 e. The van der Waals surface area contributed by atoms with Crippen molar-refractivity contribution >= 4 is 28.7 Å². The van der Waals surface area contributed by atoms with Gasteiger partial charge < -0.3 is 10.1 Å². The molecule has 96 valence electrons. The number of nitrogens with zero attached hydrogens (tertiary/aromatic N) is 2. The molecule has 2 aromatic rings. The Bertz CT molecular complexity index is 625. The highest BCUT2D eigenvalue weighted by Gasteiger charge is 2.23. The lowest BCUT2D eigenvalue weighted by Crippen LogP contribution is -2.28. The summed E-state index contributed by atoms with van der Waals surface area (Å²) < 4.78 is 0. The lowest BCUT2D eigenvalue weighted by Gasteiger charge is -2.31. The minimum atomic E-state index is 0.648. The molecule has 3 rings (SSSR count). The highest BCUT2D eigenvalue weighted by atomic mass is 35.5. The van der Waals surface area contributed by atoms with Crippen molar-refractivity contribution in [2.75, 3.05) is 11.4 Å². The predicted octanol–water partition coefficient (Wildman–Crippen LogP) is 4.06. The van der Waals surface area contributed by atoms with Crippen molar-refractivity contribution in [3.8, 4) is 0 Å². The molecule has 0 saturated heterocycles. The van der Waals surface area contributed by atoms with E-state index in [-0.39, 0.29) is 0 Å². The van der Waals surface area contributed by atoms with Crippen LogP contribution in [0.3, 0.4) is 0 Å². The topological polar surface area (TPSA) is 35.8 Å². The molecule has 0 amide bonds. The van der Waals surface area contributed by atoms with Gasteiger partial charge in [0.25, 0.3) is 0 Å². The molecule has 1 heterocycles. The van der Waals surface area contributed by atoms with Gasteiger partial charge in [-0.15, -0.1) is 0 Å². The van der Waals surface area contributed by atoms with Gasteiger partial charge in [-0.3, -0.25) is 0 Å². The molecule has 1 aliphatic rings. The van der Waals surface area contributed by atoms with Gasteiger partial charge >= 0.3 is 0 Å². The fourth-order valence-corrected chi connectivity index (χ4v) is 2.60. The number of hydrogen-bond donors (Lipinski definition) is 1. The van der Waals surface area contributed by atoms with Gasteiger partial charge in [0.15, 0.2) is 0 Å². The number of anilines is 2. The Morgan fingerprint density at radius 2 is 1.89 bits per heavy atom.